The van der Waals surface area contributed by atoms with Gasteiger partial charge in [-0.3, -0.25) is 0 Å². The highest BCUT2D eigenvalue weighted by atomic mass is 32.2. The van der Waals surface area contributed by atoms with Crippen LogP contribution in [0.25, 0.3) is 0 Å². The van der Waals surface area contributed by atoms with E-state index in [1.54, 1.807) is 42.6 Å². The second-order valence-electron chi connectivity index (χ2n) is 4.50. The van der Waals surface area contributed by atoms with Crippen LogP contribution in [0.3, 0.4) is 0 Å². The molecule has 0 amide bonds. The molecule has 0 bridgehead atoms. The SMILES string of the molecule is CN(CCc1cccs1)S(=O)(=O)c1ccc(CN)cc1. The molecule has 0 atom stereocenters. The van der Waals surface area contributed by atoms with Gasteiger partial charge in [0.05, 0.1) is 4.90 Å². The Morgan fingerprint density at radius 3 is 2.45 bits per heavy atom. The summed E-state index contributed by atoms with van der Waals surface area (Å²) in [5.74, 6) is 0. The van der Waals surface area contributed by atoms with E-state index in [0.717, 1.165) is 12.0 Å². The summed E-state index contributed by atoms with van der Waals surface area (Å²) < 4.78 is 26.2. The molecular formula is C14H18N2O2S2. The first-order chi connectivity index (χ1) is 9.54. The van der Waals surface area contributed by atoms with Crippen LogP contribution in [0, 0.1) is 0 Å². The summed E-state index contributed by atoms with van der Waals surface area (Å²) in [6, 6.07) is 10.7. The van der Waals surface area contributed by atoms with Crippen LogP contribution in [0.1, 0.15) is 10.4 Å². The van der Waals surface area contributed by atoms with Gasteiger partial charge in [-0.05, 0) is 35.6 Å². The third-order valence-electron chi connectivity index (χ3n) is 3.12. The quantitative estimate of drug-likeness (QED) is 0.888. The normalized spacial score (nSPS) is 11.9. The van der Waals surface area contributed by atoms with Crippen LogP contribution in [0.5, 0.6) is 0 Å². The fraction of sp³-hybridized carbons (Fsp3) is 0.286. The van der Waals surface area contributed by atoms with Gasteiger partial charge in [0.15, 0.2) is 0 Å². The van der Waals surface area contributed by atoms with Crippen molar-refractivity contribution in [3.8, 4) is 0 Å². The van der Waals surface area contributed by atoms with Gasteiger partial charge >= 0.3 is 0 Å². The number of benzene rings is 1. The van der Waals surface area contributed by atoms with Crippen molar-refractivity contribution in [3.05, 3.63) is 52.2 Å². The van der Waals surface area contributed by atoms with Crippen LogP contribution >= 0.6 is 11.3 Å². The molecule has 6 heteroatoms. The van der Waals surface area contributed by atoms with Gasteiger partial charge in [-0.15, -0.1) is 11.3 Å². The number of likely N-dealkylation sites (N-methyl/N-ethyl adjacent to an activating group) is 1. The van der Waals surface area contributed by atoms with E-state index < -0.39 is 10.0 Å². The number of sulfonamides is 1. The number of thiophene rings is 1. The van der Waals surface area contributed by atoms with Crippen molar-refractivity contribution in [2.24, 2.45) is 5.73 Å². The first-order valence-corrected chi connectivity index (χ1v) is 8.64. The molecule has 0 aliphatic carbocycles. The van der Waals surface area contributed by atoms with Crippen molar-refractivity contribution >= 4 is 21.4 Å². The minimum absolute atomic E-state index is 0.309. The molecule has 1 aromatic heterocycles. The Morgan fingerprint density at radius 2 is 1.90 bits per heavy atom. The second-order valence-corrected chi connectivity index (χ2v) is 7.58. The summed E-state index contributed by atoms with van der Waals surface area (Å²) in [5, 5.41) is 2.00. The average Bonchev–Trinajstić information content (AvgIpc) is 2.98. The maximum Gasteiger partial charge on any atom is 0.242 e. The fourth-order valence-electron chi connectivity index (χ4n) is 1.82. The minimum atomic E-state index is -3.42. The molecule has 1 aromatic carbocycles. The number of hydrogen-bond acceptors (Lipinski definition) is 4. The molecule has 4 nitrogen and oxygen atoms in total. The molecule has 20 heavy (non-hydrogen) atoms. The number of rotatable bonds is 6. The molecule has 2 rings (SSSR count). The maximum absolute atomic E-state index is 12.4. The zero-order valence-corrected chi connectivity index (χ0v) is 13.0. The lowest BCUT2D eigenvalue weighted by molar-refractivity contribution is 0.473. The third-order valence-corrected chi connectivity index (χ3v) is 5.93. The van der Waals surface area contributed by atoms with Crippen molar-refractivity contribution in [1.82, 2.24) is 4.31 Å². The van der Waals surface area contributed by atoms with E-state index in [1.165, 1.54) is 9.18 Å². The molecule has 0 aliphatic heterocycles. The molecule has 0 spiro atoms. The standard InChI is InChI=1S/C14H18N2O2S2/c1-16(9-8-13-3-2-10-19-13)20(17,18)14-6-4-12(11-15)5-7-14/h2-7,10H,8-9,11,15H2,1H3. The largest absolute Gasteiger partial charge is 0.326 e. The van der Waals surface area contributed by atoms with Crippen molar-refractivity contribution in [2.45, 2.75) is 17.9 Å². The summed E-state index contributed by atoms with van der Waals surface area (Å²) in [7, 11) is -1.81. The summed E-state index contributed by atoms with van der Waals surface area (Å²) in [6.45, 7) is 0.885. The Morgan fingerprint density at radius 1 is 1.20 bits per heavy atom. The topological polar surface area (TPSA) is 63.4 Å². The maximum atomic E-state index is 12.4. The molecule has 0 unspecified atom stereocenters. The molecule has 0 saturated heterocycles. The van der Waals surface area contributed by atoms with E-state index in [0.29, 0.717) is 18.0 Å². The van der Waals surface area contributed by atoms with Gasteiger partial charge < -0.3 is 5.73 Å². The number of nitrogens with zero attached hydrogens (tertiary/aromatic N) is 1. The van der Waals surface area contributed by atoms with Crippen molar-refractivity contribution < 1.29 is 8.42 Å². The summed E-state index contributed by atoms with van der Waals surface area (Å²) >= 11 is 1.64. The van der Waals surface area contributed by atoms with Crippen LogP contribution in [0.4, 0.5) is 0 Å². The van der Waals surface area contributed by atoms with E-state index in [4.69, 9.17) is 5.73 Å². The van der Waals surface area contributed by atoms with Gasteiger partial charge in [0.2, 0.25) is 10.0 Å². The van der Waals surface area contributed by atoms with E-state index >= 15 is 0 Å². The summed E-state index contributed by atoms with van der Waals surface area (Å²) in [6.07, 6.45) is 0.730. The predicted molar refractivity (Wildman–Crippen MR) is 82.2 cm³/mol. The van der Waals surface area contributed by atoms with E-state index in [2.05, 4.69) is 0 Å². The molecule has 108 valence electrons. The molecule has 2 aromatic rings. The van der Waals surface area contributed by atoms with E-state index in [-0.39, 0.29) is 0 Å². The number of hydrogen-bond donors (Lipinski definition) is 1. The average molecular weight is 310 g/mol. The first kappa shape index (κ1) is 15.2. The van der Waals surface area contributed by atoms with Crippen LogP contribution in [-0.2, 0) is 23.0 Å². The Bertz CT molecular complexity index is 634. The minimum Gasteiger partial charge on any atom is -0.326 e. The highest BCUT2D eigenvalue weighted by Crippen LogP contribution is 2.16. The van der Waals surface area contributed by atoms with Crippen LogP contribution in [0.2, 0.25) is 0 Å². The van der Waals surface area contributed by atoms with E-state index in [9.17, 15) is 8.42 Å². The monoisotopic (exact) mass is 310 g/mol. The zero-order chi connectivity index (χ0) is 14.6. The first-order valence-electron chi connectivity index (χ1n) is 6.32. The molecular weight excluding hydrogens is 292 g/mol. The lowest BCUT2D eigenvalue weighted by Gasteiger charge is -2.17. The zero-order valence-electron chi connectivity index (χ0n) is 11.3. The molecule has 0 saturated carbocycles. The molecule has 0 aliphatic rings. The fourth-order valence-corrected chi connectivity index (χ4v) is 3.69. The highest BCUT2D eigenvalue weighted by Gasteiger charge is 2.20. The lowest BCUT2D eigenvalue weighted by Crippen LogP contribution is -2.28. The Labute approximate surface area is 123 Å². The van der Waals surface area contributed by atoms with Gasteiger partial charge in [-0.1, -0.05) is 18.2 Å². The predicted octanol–water partition coefficient (Wildman–Crippen LogP) is 2.07. The van der Waals surface area contributed by atoms with Gasteiger partial charge in [-0.25, -0.2) is 12.7 Å². The lowest BCUT2D eigenvalue weighted by atomic mass is 10.2. The van der Waals surface area contributed by atoms with Crippen LogP contribution in [-0.4, -0.2) is 26.3 Å². The molecule has 2 N–H and O–H groups in total. The molecule has 0 fully saturated rings. The van der Waals surface area contributed by atoms with Crippen molar-refractivity contribution in [1.29, 1.82) is 0 Å². The molecule has 1 heterocycles. The van der Waals surface area contributed by atoms with Crippen LogP contribution < -0.4 is 5.73 Å². The number of nitrogens with two attached hydrogens (primary N) is 1. The van der Waals surface area contributed by atoms with Crippen molar-refractivity contribution in [2.75, 3.05) is 13.6 Å². The second kappa shape index (κ2) is 6.49. The van der Waals surface area contributed by atoms with Crippen molar-refractivity contribution in [3.63, 3.8) is 0 Å². The van der Waals surface area contributed by atoms with Gasteiger partial charge in [0.25, 0.3) is 0 Å². The Balaban J connectivity index is 2.07. The van der Waals surface area contributed by atoms with E-state index in [1.807, 2.05) is 17.5 Å². The summed E-state index contributed by atoms with van der Waals surface area (Å²) in [4.78, 5) is 1.49. The van der Waals surface area contributed by atoms with Gasteiger partial charge in [-0.2, -0.15) is 0 Å². The third kappa shape index (κ3) is 3.46. The summed E-state index contributed by atoms with van der Waals surface area (Å²) in [5.41, 5.74) is 6.43. The highest BCUT2D eigenvalue weighted by molar-refractivity contribution is 7.89. The molecule has 0 radical (unpaired) electrons. The Kier molecular flexibility index (Phi) is 4.93. The van der Waals surface area contributed by atoms with Gasteiger partial charge in [0, 0.05) is 25.0 Å². The Hall–Kier alpha value is -1.21. The van der Waals surface area contributed by atoms with Gasteiger partial charge in [0.1, 0.15) is 0 Å². The smallest absolute Gasteiger partial charge is 0.242 e. The van der Waals surface area contributed by atoms with Crippen LogP contribution in [0.15, 0.2) is 46.7 Å².